The van der Waals surface area contributed by atoms with Gasteiger partial charge in [0.1, 0.15) is 0 Å². The van der Waals surface area contributed by atoms with E-state index in [-0.39, 0.29) is 6.04 Å². The first kappa shape index (κ1) is 12.9. The van der Waals surface area contributed by atoms with E-state index in [1.54, 1.807) is 0 Å². The Hall–Kier alpha value is -0.570. The highest BCUT2D eigenvalue weighted by Gasteiger charge is 2.28. The number of nitrogens with zero attached hydrogens (tertiary/aromatic N) is 1. The minimum atomic E-state index is 0.102. The molecule has 2 rings (SSSR count). The van der Waals surface area contributed by atoms with Crippen LogP contribution in [0.25, 0.3) is 0 Å². The Balaban J connectivity index is 1.74. The quantitative estimate of drug-likeness (QED) is 0.769. The Bertz CT molecular complexity index is 251. The van der Waals surface area contributed by atoms with Crippen molar-refractivity contribution in [3.8, 4) is 0 Å². The van der Waals surface area contributed by atoms with E-state index in [1.807, 2.05) is 0 Å². The number of carbonyl (C=O) groups excluding carboxylic acids is 1. The highest BCUT2D eigenvalue weighted by atomic mass is 16.2. The van der Waals surface area contributed by atoms with Crippen molar-refractivity contribution in [1.82, 2.24) is 10.2 Å². The summed E-state index contributed by atoms with van der Waals surface area (Å²) < 4.78 is 0. The number of hydrogen-bond acceptors (Lipinski definition) is 2. The molecule has 1 unspecified atom stereocenters. The van der Waals surface area contributed by atoms with E-state index in [2.05, 4.69) is 17.1 Å². The first-order chi connectivity index (χ1) is 8.31. The van der Waals surface area contributed by atoms with Gasteiger partial charge >= 0.3 is 0 Å². The summed E-state index contributed by atoms with van der Waals surface area (Å²) in [7, 11) is 0. The van der Waals surface area contributed by atoms with Gasteiger partial charge in [-0.1, -0.05) is 26.2 Å². The largest absolute Gasteiger partial charge is 0.341 e. The third-order valence-corrected chi connectivity index (χ3v) is 4.20. The van der Waals surface area contributed by atoms with Gasteiger partial charge in [0.05, 0.1) is 6.04 Å². The number of rotatable bonds is 6. The lowest BCUT2D eigenvalue weighted by Gasteiger charge is -2.35. The van der Waals surface area contributed by atoms with E-state index in [0.717, 1.165) is 44.8 Å². The third-order valence-electron chi connectivity index (χ3n) is 4.20. The zero-order valence-corrected chi connectivity index (χ0v) is 11.1. The van der Waals surface area contributed by atoms with Crippen molar-refractivity contribution in [3.63, 3.8) is 0 Å². The molecule has 0 aromatic heterocycles. The van der Waals surface area contributed by atoms with E-state index < -0.39 is 0 Å². The van der Waals surface area contributed by atoms with Crippen LogP contribution in [0.2, 0.25) is 0 Å². The molecule has 3 heteroatoms. The van der Waals surface area contributed by atoms with Gasteiger partial charge in [0.15, 0.2) is 0 Å². The van der Waals surface area contributed by atoms with E-state index in [1.165, 1.54) is 25.7 Å². The van der Waals surface area contributed by atoms with Crippen LogP contribution in [-0.2, 0) is 4.79 Å². The molecular weight excluding hydrogens is 212 g/mol. The summed E-state index contributed by atoms with van der Waals surface area (Å²) in [4.78, 5) is 14.3. The lowest BCUT2D eigenvalue weighted by atomic mass is 9.83. The van der Waals surface area contributed by atoms with Crippen molar-refractivity contribution in [2.45, 2.75) is 57.9 Å². The maximum atomic E-state index is 12.2. The Morgan fingerprint density at radius 3 is 2.76 bits per heavy atom. The molecule has 0 aromatic rings. The number of nitrogens with one attached hydrogen (secondary N) is 1. The molecule has 1 amide bonds. The van der Waals surface area contributed by atoms with Gasteiger partial charge in [-0.2, -0.15) is 0 Å². The monoisotopic (exact) mass is 238 g/mol. The second kappa shape index (κ2) is 6.39. The maximum Gasteiger partial charge on any atom is 0.239 e. The molecule has 1 saturated carbocycles. The van der Waals surface area contributed by atoms with Gasteiger partial charge in [-0.15, -0.1) is 0 Å². The summed E-state index contributed by atoms with van der Waals surface area (Å²) in [6.07, 6.45) is 8.70. The van der Waals surface area contributed by atoms with Crippen LogP contribution in [0.15, 0.2) is 0 Å². The van der Waals surface area contributed by atoms with Crippen molar-refractivity contribution < 1.29 is 4.79 Å². The molecule has 1 atom stereocenters. The van der Waals surface area contributed by atoms with Gasteiger partial charge in [-0.25, -0.2) is 0 Å². The molecule has 1 saturated heterocycles. The molecular formula is C14H26N2O. The zero-order chi connectivity index (χ0) is 12.1. The van der Waals surface area contributed by atoms with E-state index in [0.29, 0.717) is 5.91 Å². The van der Waals surface area contributed by atoms with Gasteiger partial charge in [0.2, 0.25) is 5.91 Å². The van der Waals surface area contributed by atoms with Crippen LogP contribution >= 0.6 is 0 Å². The molecule has 1 N–H and O–H groups in total. The second-order valence-corrected chi connectivity index (χ2v) is 5.56. The summed E-state index contributed by atoms with van der Waals surface area (Å²) >= 11 is 0. The van der Waals surface area contributed by atoms with Crippen molar-refractivity contribution in [1.29, 1.82) is 0 Å². The summed E-state index contributed by atoms with van der Waals surface area (Å²) in [6, 6.07) is 0.102. The molecule has 3 nitrogen and oxygen atoms in total. The molecule has 0 radical (unpaired) electrons. The summed E-state index contributed by atoms with van der Waals surface area (Å²) in [5.41, 5.74) is 0. The number of piperidine rings is 1. The summed E-state index contributed by atoms with van der Waals surface area (Å²) in [5, 5.41) is 3.38. The molecule has 0 bridgehead atoms. The van der Waals surface area contributed by atoms with Gasteiger partial charge in [0, 0.05) is 13.1 Å². The van der Waals surface area contributed by atoms with Gasteiger partial charge in [-0.05, 0) is 38.1 Å². The fraction of sp³-hybridized carbons (Fsp3) is 0.929. The molecule has 1 heterocycles. The second-order valence-electron chi connectivity index (χ2n) is 5.56. The fourth-order valence-electron chi connectivity index (χ4n) is 2.79. The van der Waals surface area contributed by atoms with Crippen LogP contribution < -0.4 is 5.32 Å². The molecule has 1 aliphatic heterocycles. The minimum Gasteiger partial charge on any atom is -0.341 e. The average molecular weight is 238 g/mol. The highest BCUT2D eigenvalue weighted by Crippen LogP contribution is 2.29. The smallest absolute Gasteiger partial charge is 0.239 e. The zero-order valence-electron chi connectivity index (χ0n) is 11.1. The standard InChI is InChI=1S/C14H26N2O/c1-2-9-15-13-7-4-10-16(14(13)17)11-8-12-5-3-6-12/h12-13,15H,2-11H2,1H3. The van der Waals surface area contributed by atoms with E-state index in [4.69, 9.17) is 0 Å². The number of hydrogen-bond donors (Lipinski definition) is 1. The Kier molecular flexibility index (Phi) is 4.84. The summed E-state index contributed by atoms with van der Waals surface area (Å²) in [5.74, 6) is 1.26. The SMILES string of the molecule is CCCNC1CCCN(CCC2CCC2)C1=O. The van der Waals surface area contributed by atoms with Crippen LogP contribution in [0.3, 0.4) is 0 Å². The molecule has 98 valence electrons. The molecule has 1 aliphatic carbocycles. The van der Waals surface area contributed by atoms with Gasteiger partial charge in [-0.3, -0.25) is 4.79 Å². The predicted octanol–water partition coefficient (Wildman–Crippen LogP) is 2.17. The van der Waals surface area contributed by atoms with Crippen LogP contribution in [0.5, 0.6) is 0 Å². The van der Waals surface area contributed by atoms with Crippen molar-refractivity contribution in [2.75, 3.05) is 19.6 Å². The first-order valence-corrected chi connectivity index (χ1v) is 7.33. The molecule has 0 spiro atoms. The number of carbonyl (C=O) groups is 1. The van der Waals surface area contributed by atoms with E-state index in [9.17, 15) is 4.79 Å². The van der Waals surface area contributed by atoms with E-state index >= 15 is 0 Å². The van der Waals surface area contributed by atoms with Crippen molar-refractivity contribution in [3.05, 3.63) is 0 Å². The Labute approximate surface area is 105 Å². The minimum absolute atomic E-state index is 0.102. The summed E-state index contributed by atoms with van der Waals surface area (Å²) in [6.45, 7) is 5.09. The number of likely N-dealkylation sites (tertiary alicyclic amines) is 1. The maximum absolute atomic E-state index is 12.2. The van der Waals surface area contributed by atoms with Crippen LogP contribution in [-0.4, -0.2) is 36.5 Å². The lowest BCUT2D eigenvalue weighted by Crippen LogP contribution is -2.51. The van der Waals surface area contributed by atoms with Crippen LogP contribution in [0, 0.1) is 5.92 Å². The highest BCUT2D eigenvalue weighted by molar-refractivity contribution is 5.82. The Morgan fingerprint density at radius 1 is 1.29 bits per heavy atom. The normalized spacial score (nSPS) is 26.1. The third kappa shape index (κ3) is 3.44. The molecule has 2 aliphatic rings. The fourth-order valence-corrected chi connectivity index (χ4v) is 2.79. The molecule has 17 heavy (non-hydrogen) atoms. The van der Waals surface area contributed by atoms with Gasteiger partial charge in [0.25, 0.3) is 0 Å². The molecule has 0 aromatic carbocycles. The Morgan fingerprint density at radius 2 is 2.12 bits per heavy atom. The lowest BCUT2D eigenvalue weighted by molar-refractivity contribution is -0.136. The predicted molar refractivity (Wildman–Crippen MR) is 69.9 cm³/mol. The topological polar surface area (TPSA) is 32.3 Å². The van der Waals surface area contributed by atoms with Crippen molar-refractivity contribution in [2.24, 2.45) is 5.92 Å². The average Bonchev–Trinajstić information content (AvgIpc) is 2.27. The number of amides is 1. The van der Waals surface area contributed by atoms with Crippen molar-refractivity contribution >= 4 is 5.91 Å². The van der Waals surface area contributed by atoms with Gasteiger partial charge < -0.3 is 10.2 Å². The molecule has 2 fully saturated rings. The van der Waals surface area contributed by atoms with Crippen LogP contribution in [0.4, 0.5) is 0 Å². The van der Waals surface area contributed by atoms with Crippen LogP contribution in [0.1, 0.15) is 51.9 Å². The first-order valence-electron chi connectivity index (χ1n) is 7.33.